The first-order valence-corrected chi connectivity index (χ1v) is 19.3. The lowest BCUT2D eigenvalue weighted by atomic mass is 9.79. The van der Waals surface area contributed by atoms with Crippen LogP contribution in [0.2, 0.25) is 0 Å². The van der Waals surface area contributed by atoms with Crippen molar-refractivity contribution in [2.24, 2.45) is 0 Å². The minimum Gasteiger partial charge on any atom is -0.507 e. The van der Waals surface area contributed by atoms with Crippen LogP contribution in [0.15, 0.2) is 91.0 Å². The van der Waals surface area contributed by atoms with E-state index in [1.54, 1.807) is 0 Å². The molecule has 0 aliphatic heterocycles. The van der Waals surface area contributed by atoms with Crippen molar-refractivity contribution in [3.05, 3.63) is 124 Å². The van der Waals surface area contributed by atoms with E-state index in [0.717, 1.165) is 32.8 Å². The van der Waals surface area contributed by atoms with Gasteiger partial charge in [-0.05, 0) is 131 Å². The molecule has 264 valence electrons. The summed E-state index contributed by atoms with van der Waals surface area (Å²) in [4.78, 5) is 0. The first-order chi connectivity index (χ1) is 24.2. The standard InChI is InChI=1S/C50H58O/c1-28(2)36-23-41(30(5)6)47(42(24-36)31(7)8)38-21-34-17-13-15-19-39(34)45(27-38)49-40-20-16-14-18-35(40)22-46(50(49)51)48-43(32(9)10)25-37(29(3)4)26-44(48)33(11)12/h13-33,51H,1-12H3. The Kier molecular flexibility index (Phi) is 10.2. The third-order valence-electron chi connectivity index (χ3n) is 11.0. The van der Waals surface area contributed by atoms with Gasteiger partial charge in [-0.25, -0.2) is 0 Å². The van der Waals surface area contributed by atoms with Gasteiger partial charge in [-0.15, -0.1) is 0 Å². The number of hydrogen-bond donors (Lipinski definition) is 1. The van der Waals surface area contributed by atoms with Crippen LogP contribution >= 0.6 is 0 Å². The van der Waals surface area contributed by atoms with Gasteiger partial charge in [0, 0.05) is 11.1 Å². The summed E-state index contributed by atoms with van der Waals surface area (Å²) in [5.41, 5.74) is 14.8. The Morgan fingerprint density at radius 2 is 0.784 bits per heavy atom. The van der Waals surface area contributed by atoms with Crippen molar-refractivity contribution in [2.45, 2.75) is 119 Å². The number of benzene rings is 6. The van der Waals surface area contributed by atoms with Gasteiger partial charge in [-0.3, -0.25) is 0 Å². The zero-order valence-corrected chi connectivity index (χ0v) is 33.1. The maximum Gasteiger partial charge on any atom is 0.131 e. The van der Waals surface area contributed by atoms with E-state index < -0.39 is 0 Å². The third-order valence-corrected chi connectivity index (χ3v) is 11.0. The summed E-state index contributed by atoms with van der Waals surface area (Å²) in [7, 11) is 0. The maximum absolute atomic E-state index is 12.9. The first kappa shape index (κ1) is 36.4. The van der Waals surface area contributed by atoms with Crippen molar-refractivity contribution in [1.29, 1.82) is 0 Å². The van der Waals surface area contributed by atoms with Crippen LogP contribution < -0.4 is 0 Å². The Hall–Kier alpha value is -4.36. The summed E-state index contributed by atoms with van der Waals surface area (Å²) >= 11 is 0. The molecule has 0 unspecified atom stereocenters. The molecule has 6 rings (SSSR count). The van der Waals surface area contributed by atoms with Crippen molar-refractivity contribution in [2.75, 3.05) is 0 Å². The molecule has 0 saturated carbocycles. The fourth-order valence-electron chi connectivity index (χ4n) is 8.02. The number of hydrogen-bond acceptors (Lipinski definition) is 1. The highest BCUT2D eigenvalue weighted by Crippen LogP contribution is 2.51. The van der Waals surface area contributed by atoms with E-state index in [1.165, 1.54) is 55.5 Å². The molecule has 51 heavy (non-hydrogen) atoms. The van der Waals surface area contributed by atoms with Crippen molar-refractivity contribution >= 4 is 21.5 Å². The zero-order valence-electron chi connectivity index (χ0n) is 33.1. The van der Waals surface area contributed by atoms with Crippen LogP contribution in [0.1, 0.15) is 152 Å². The molecular formula is C50H58O. The highest BCUT2D eigenvalue weighted by Gasteiger charge is 2.26. The minimum atomic E-state index is 0.299. The second-order valence-electron chi connectivity index (χ2n) is 16.7. The van der Waals surface area contributed by atoms with Crippen LogP contribution in [-0.2, 0) is 0 Å². The molecule has 0 heterocycles. The summed E-state index contributed by atoms with van der Waals surface area (Å²) in [6.45, 7) is 27.6. The summed E-state index contributed by atoms with van der Waals surface area (Å²) in [5, 5.41) is 17.4. The van der Waals surface area contributed by atoms with E-state index in [0.29, 0.717) is 41.3 Å². The summed E-state index contributed by atoms with van der Waals surface area (Å²) in [5.74, 6) is 2.56. The third kappa shape index (κ3) is 6.73. The second-order valence-corrected chi connectivity index (χ2v) is 16.7. The van der Waals surface area contributed by atoms with E-state index in [1.807, 2.05) is 0 Å². The van der Waals surface area contributed by atoms with Crippen molar-refractivity contribution in [1.82, 2.24) is 0 Å². The lowest BCUT2D eigenvalue weighted by Gasteiger charge is -2.26. The normalized spacial score (nSPS) is 12.3. The summed E-state index contributed by atoms with van der Waals surface area (Å²) < 4.78 is 0. The largest absolute Gasteiger partial charge is 0.507 e. The van der Waals surface area contributed by atoms with Gasteiger partial charge in [-0.2, -0.15) is 0 Å². The fourth-order valence-corrected chi connectivity index (χ4v) is 8.02. The smallest absolute Gasteiger partial charge is 0.131 e. The molecule has 0 aromatic heterocycles. The van der Waals surface area contributed by atoms with Crippen LogP contribution in [0.25, 0.3) is 54.9 Å². The van der Waals surface area contributed by atoms with E-state index in [2.05, 4.69) is 174 Å². The molecule has 0 radical (unpaired) electrons. The highest BCUT2D eigenvalue weighted by molar-refractivity contribution is 6.12. The fraction of sp³-hybridized carbons (Fsp3) is 0.360. The van der Waals surface area contributed by atoms with Gasteiger partial charge in [0.05, 0.1) is 0 Å². The monoisotopic (exact) mass is 674 g/mol. The SMILES string of the molecule is CC(C)c1cc(C(C)C)c(-c2cc(-c3c(O)c(-c4c(C(C)C)cc(C(C)C)cc4C(C)C)cc4ccccc34)c3ccccc3c2)c(C(C)C)c1. The predicted molar refractivity (Wildman–Crippen MR) is 224 cm³/mol. The quantitative estimate of drug-likeness (QED) is 0.162. The average Bonchev–Trinajstić information content (AvgIpc) is 3.09. The van der Waals surface area contributed by atoms with Gasteiger partial charge in [0.25, 0.3) is 0 Å². The van der Waals surface area contributed by atoms with Crippen LogP contribution in [0.4, 0.5) is 0 Å². The second kappa shape index (κ2) is 14.3. The molecule has 0 aliphatic carbocycles. The van der Waals surface area contributed by atoms with Crippen LogP contribution in [0.3, 0.4) is 0 Å². The topological polar surface area (TPSA) is 20.2 Å². The van der Waals surface area contributed by atoms with Crippen molar-refractivity contribution < 1.29 is 5.11 Å². The van der Waals surface area contributed by atoms with Gasteiger partial charge in [0.1, 0.15) is 5.75 Å². The Balaban J connectivity index is 1.77. The van der Waals surface area contributed by atoms with Gasteiger partial charge in [-0.1, -0.05) is 156 Å². The average molecular weight is 675 g/mol. The maximum atomic E-state index is 12.9. The molecular weight excluding hydrogens is 617 g/mol. The molecule has 0 fully saturated rings. The van der Waals surface area contributed by atoms with Crippen LogP contribution in [0, 0.1) is 0 Å². The minimum absolute atomic E-state index is 0.299. The Morgan fingerprint density at radius 1 is 0.373 bits per heavy atom. The molecule has 0 aliphatic rings. The Labute approximate surface area is 307 Å². The number of phenolic OH excluding ortho intramolecular Hbond substituents is 1. The number of fused-ring (bicyclic) bond motifs is 2. The van der Waals surface area contributed by atoms with Crippen molar-refractivity contribution in [3.8, 4) is 39.1 Å². The Bertz CT molecular complexity index is 2170. The van der Waals surface area contributed by atoms with Gasteiger partial charge < -0.3 is 5.11 Å². The lowest BCUT2D eigenvalue weighted by Crippen LogP contribution is -2.04. The number of rotatable bonds is 9. The van der Waals surface area contributed by atoms with Gasteiger partial charge >= 0.3 is 0 Å². The van der Waals surface area contributed by atoms with E-state index >= 15 is 0 Å². The molecule has 1 nitrogen and oxygen atoms in total. The molecule has 0 atom stereocenters. The predicted octanol–water partition coefficient (Wildman–Crippen LogP) is 15.4. The van der Waals surface area contributed by atoms with Crippen molar-refractivity contribution in [3.63, 3.8) is 0 Å². The van der Waals surface area contributed by atoms with Crippen LogP contribution in [-0.4, -0.2) is 5.11 Å². The lowest BCUT2D eigenvalue weighted by molar-refractivity contribution is 0.480. The molecule has 6 aromatic carbocycles. The summed E-state index contributed by atoms with van der Waals surface area (Å²) in [6.07, 6.45) is 0. The number of phenols is 1. The molecule has 0 bridgehead atoms. The molecule has 6 aromatic rings. The first-order valence-electron chi connectivity index (χ1n) is 19.3. The van der Waals surface area contributed by atoms with Crippen LogP contribution in [0.5, 0.6) is 5.75 Å². The molecule has 0 saturated heterocycles. The van der Waals surface area contributed by atoms with E-state index in [9.17, 15) is 5.11 Å². The molecule has 1 heteroatoms. The molecule has 0 spiro atoms. The highest BCUT2D eigenvalue weighted by atomic mass is 16.3. The van der Waals surface area contributed by atoms with Gasteiger partial charge in [0.15, 0.2) is 0 Å². The number of aromatic hydroxyl groups is 1. The zero-order chi connectivity index (χ0) is 36.9. The van der Waals surface area contributed by atoms with Gasteiger partial charge in [0.2, 0.25) is 0 Å². The summed E-state index contributed by atoms with van der Waals surface area (Å²) in [6, 6.07) is 34.0. The Morgan fingerprint density at radius 3 is 1.24 bits per heavy atom. The molecule has 1 N–H and O–H groups in total. The van der Waals surface area contributed by atoms with E-state index in [-0.39, 0.29) is 0 Å². The van der Waals surface area contributed by atoms with E-state index in [4.69, 9.17) is 0 Å². The molecule has 0 amide bonds.